The van der Waals surface area contributed by atoms with Crippen LogP contribution in [0.4, 0.5) is 16.6 Å². The van der Waals surface area contributed by atoms with E-state index in [1.807, 2.05) is 25.8 Å². The molecule has 7 nitrogen and oxygen atoms in total. The van der Waals surface area contributed by atoms with Gasteiger partial charge in [-0.1, -0.05) is 11.3 Å². The normalized spacial score (nSPS) is 10.6. The number of carbonyl (C=O) groups excluding carboxylic acids is 1. The topological polar surface area (TPSA) is 89.1 Å². The van der Waals surface area contributed by atoms with Crippen molar-refractivity contribution in [3.05, 3.63) is 17.3 Å². The summed E-state index contributed by atoms with van der Waals surface area (Å²) in [6, 6.07) is 0. The van der Waals surface area contributed by atoms with Gasteiger partial charge in [0, 0.05) is 26.3 Å². The molecule has 0 radical (unpaired) electrons. The first kappa shape index (κ1) is 14.3. The highest BCUT2D eigenvalue weighted by Gasteiger charge is 2.18. The molecule has 0 unspecified atom stereocenters. The maximum absolute atomic E-state index is 12.2. The predicted molar refractivity (Wildman–Crippen MR) is 81.3 cm³/mol. The van der Waals surface area contributed by atoms with Gasteiger partial charge in [-0.2, -0.15) is 5.10 Å². The first-order valence-corrected chi connectivity index (χ1v) is 7.18. The zero-order valence-electron chi connectivity index (χ0n) is 11.8. The standard InChI is InChI=1S/C12H18N6OS/c1-4-17(3)12-16-10(13)9(20-12)11(19)15-8-6-14-18(5-2)7-8/h6-7H,4-5,13H2,1-3H3,(H,15,19). The van der Waals surface area contributed by atoms with Crippen molar-refractivity contribution >= 4 is 33.9 Å². The predicted octanol–water partition coefficient (Wildman–Crippen LogP) is 1.65. The van der Waals surface area contributed by atoms with Crippen LogP contribution in [-0.2, 0) is 6.54 Å². The zero-order valence-corrected chi connectivity index (χ0v) is 12.6. The fourth-order valence-corrected chi connectivity index (χ4v) is 2.48. The first-order valence-electron chi connectivity index (χ1n) is 6.36. The van der Waals surface area contributed by atoms with Crippen molar-refractivity contribution in [1.29, 1.82) is 0 Å². The summed E-state index contributed by atoms with van der Waals surface area (Å²) in [6.07, 6.45) is 3.38. The van der Waals surface area contributed by atoms with Crippen molar-refractivity contribution < 1.29 is 4.79 Å². The number of nitrogens with two attached hydrogens (primary N) is 1. The number of thiazole rings is 1. The number of nitrogens with zero attached hydrogens (tertiary/aromatic N) is 4. The van der Waals surface area contributed by atoms with Gasteiger partial charge in [0.15, 0.2) is 5.13 Å². The Labute approximate surface area is 121 Å². The lowest BCUT2D eigenvalue weighted by atomic mass is 10.4. The molecule has 0 aliphatic heterocycles. The van der Waals surface area contributed by atoms with Crippen LogP contribution in [0.15, 0.2) is 12.4 Å². The summed E-state index contributed by atoms with van der Waals surface area (Å²) >= 11 is 1.28. The molecular weight excluding hydrogens is 276 g/mol. The van der Waals surface area contributed by atoms with Gasteiger partial charge >= 0.3 is 0 Å². The Kier molecular flexibility index (Phi) is 4.23. The van der Waals surface area contributed by atoms with Crippen molar-refractivity contribution in [1.82, 2.24) is 14.8 Å². The number of nitrogens with one attached hydrogen (secondary N) is 1. The van der Waals surface area contributed by atoms with E-state index in [0.29, 0.717) is 10.6 Å². The minimum absolute atomic E-state index is 0.255. The summed E-state index contributed by atoms with van der Waals surface area (Å²) in [7, 11) is 1.91. The summed E-state index contributed by atoms with van der Waals surface area (Å²) in [4.78, 5) is 18.7. The Balaban J connectivity index is 2.14. The molecule has 0 saturated heterocycles. The molecule has 0 aliphatic carbocycles. The van der Waals surface area contributed by atoms with E-state index in [1.165, 1.54) is 11.3 Å². The maximum atomic E-state index is 12.2. The van der Waals surface area contributed by atoms with Gasteiger partial charge in [-0.3, -0.25) is 9.48 Å². The minimum atomic E-state index is -0.258. The van der Waals surface area contributed by atoms with Crippen LogP contribution in [0.1, 0.15) is 23.5 Å². The molecule has 2 heterocycles. The van der Waals surface area contributed by atoms with Gasteiger partial charge in [-0.25, -0.2) is 4.98 Å². The number of hydrogen-bond acceptors (Lipinski definition) is 6. The van der Waals surface area contributed by atoms with Crippen LogP contribution < -0.4 is 16.0 Å². The van der Waals surface area contributed by atoms with E-state index in [1.54, 1.807) is 17.1 Å². The molecule has 0 atom stereocenters. The van der Waals surface area contributed by atoms with Crippen molar-refractivity contribution in [2.24, 2.45) is 0 Å². The molecule has 0 spiro atoms. The molecule has 20 heavy (non-hydrogen) atoms. The Morgan fingerprint density at radius 3 is 2.90 bits per heavy atom. The van der Waals surface area contributed by atoms with Crippen LogP contribution in [0.5, 0.6) is 0 Å². The second-order valence-electron chi connectivity index (χ2n) is 4.26. The second-order valence-corrected chi connectivity index (χ2v) is 5.24. The van der Waals surface area contributed by atoms with E-state index >= 15 is 0 Å². The molecule has 0 bridgehead atoms. The van der Waals surface area contributed by atoms with E-state index in [4.69, 9.17) is 5.73 Å². The molecule has 8 heteroatoms. The van der Waals surface area contributed by atoms with Gasteiger partial charge in [-0.15, -0.1) is 0 Å². The first-order chi connectivity index (χ1) is 9.55. The van der Waals surface area contributed by atoms with Crippen molar-refractivity contribution in [2.45, 2.75) is 20.4 Å². The summed E-state index contributed by atoms with van der Waals surface area (Å²) in [5, 5.41) is 7.61. The quantitative estimate of drug-likeness (QED) is 0.875. The van der Waals surface area contributed by atoms with Gasteiger partial charge in [-0.05, 0) is 13.8 Å². The summed E-state index contributed by atoms with van der Waals surface area (Å²) < 4.78 is 1.74. The van der Waals surface area contributed by atoms with Crippen molar-refractivity contribution in [2.75, 3.05) is 29.5 Å². The van der Waals surface area contributed by atoms with Crippen LogP contribution >= 0.6 is 11.3 Å². The Morgan fingerprint density at radius 1 is 1.55 bits per heavy atom. The molecule has 0 saturated carbocycles. The highest BCUT2D eigenvalue weighted by Crippen LogP contribution is 2.28. The van der Waals surface area contributed by atoms with Crippen LogP contribution in [0, 0.1) is 0 Å². The van der Waals surface area contributed by atoms with Gasteiger partial charge in [0.1, 0.15) is 10.7 Å². The van der Waals surface area contributed by atoms with Crippen molar-refractivity contribution in [3.8, 4) is 0 Å². The molecular formula is C12H18N6OS. The van der Waals surface area contributed by atoms with Gasteiger partial charge in [0.05, 0.1) is 11.9 Å². The maximum Gasteiger partial charge on any atom is 0.269 e. The third-order valence-corrected chi connectivity index (χ3v) is 4.05. The van der Waals surface area contributed by atoms with E-state index < -0.39 is 0 Å². The summed E-state index contributed by atoms with van der Waals surface area (Å²) in [5.41, 5.74) is 6.46. The van der Waals surface area contributed by atoms with Gasteiger partial charge in [0.2, 0.25) is 0 Å². The fourth-order valence-electron chi connectivity index (χ4n) is 1.57. The van der Waals surface area contributed by atoms with Crippen LogP contribution in [0.3, 0.4) is 0 Å². The summed E-state index contributed by atoms with van der Waals surface area (Å²) in [6.45, 7) is 5.55. The Hall–Kier alpha value is -2.09. The molecule has 108 valence electrons. The number of anilines is 3. The Morgan fingerprint density at radius 2 is 2.30 bits per heavy atom. The van der Waals surface area contributed by atoms with Crippen LogP contribution in [0.2, 0.25) is 0 Å². The SMILES string of the molecule is CCN(C)c1nc(N)c(C(=O)Nc2cnn(CC)c2)s1. The number of hydrogen-bond donors (Lipinski definition) is 2. The highest BCUT2D eigenvalue weighted by molar-refractivity contribution is 7.18. The van der Waals surface area contributed by atoms with Crippen LogP contribution in [-0.4, -0.2) is 34.3 Å². The number of nitrogen functional groups attached to an aromatic ring is 1. The lowest BCUT2D eigenvalue weighted by molar-refractivity contribution is 0.103. The number of aryl methyl sites for hydroxylation is 1. The second kappa shape index (κ2) is 5.91. The largest absolute Gasteiger partial charge is 0.382 e. The molecule has 1 amide bonds. The smallest absolute Gasteiger partial charge is 0.269 e. The lowest BCUT2D eigenvalue weighted by Gasteiger charge is -2.10. The minimum Gasteiger partial charge on any atom is -0.382 e. The van der Waals surface area contributed by atoms with E-state index in [0.717, 1.165) is 18.2 Å². The monoisotopic (exact) mass is 294 g/mol. The van der Waals surface area contributed by atoms with Crippen molar-refractivity contribution in [3.63, 3.8) is 0 Å². The molecule has 0 fully saturated rings. The molecule has 0 aliphatic rings. The highest BCUT2D eigenvalue weighted by atomic mass is 32.1. The van der Waals surface area contributed by atoms with Gasteiger partial charge < -0.3 is 16.0 Å². The van der Waals surface area contributed by atoms with E-state index in [9.17, 15) is 4.79 Å². The number of rotatable bonds is 5. The van der Waals surface area contributed by atoms with E-state index in [-0.39, 0.29) is 11.7 Å². The third kappa shape index (κ3) is 2.90. The lowest BCUT2D eigenvalue weighted by Crippen LogP contribution is -2.15. The third-order valence-electron chi connectivity index (χ3n) is 2.86. The molecule has 0 aromatic carbocycles. The van der Waals surface area contributed by atoms with Crippen LogP contribution in [0.25, 0.3) is 0 Å². The van der Waals surface area contributed by atoms with Gasteiger partial charge in [0.25, 0.3) is 5.91 Å². The van der Waals surface area contributed by atoms with E-state index in [2.05, 4.69) is 15.4 Å². The fraction of sp³-hybridized carbons (Fsp3) is 0.417. The summed E-state index contributed by atoms with van der Waals surface area (Å²) in [5.74, 6) is -0.00269. The number of aromatic nitrogens is 3. The average molecular weight is 294 g/mol. The Bertz CT molecular complexity index is 605. The molecule has 3 N–H and O–H groups in total. The molecule has 2 aromatic rings. The zero-order chi connectivity index (χ0) is 14.7. The molecule has 2 aromatic heterocycles. The number of amides is 1. The molecule has 2 rings (SSSR count). The number of carbonyl (C=O) groups is 1. The average Bonchev–Trinajstić information content (AvgIpc) is 3.04.